The Bertz CT molecular complexity index is 457. The average molecular weight is 457 g/mol. The van der Waals surface area contributed by atoms with Crippen molar-refractivity contribution in [2.75, 3.05) is 0 Å². The quantitative estimate of drug-likeness (QED) is 0.492. The van der Waals surface area contributed by atoms with Gasteiger partial charge in [-0.1, -0.05) is 0 Å². The summed E-state index contributed by atoms with van der Waals surface area (Å²) in [4.78, 5) is 0. The van der Waals surface area contributed by atoms with Crippen LogP contribution in [0, 0.1) is 0 Å². The third kappa shape index (κ3) is 3.98. The third-order valence-electron chi connectivity index (χ3n) is 3.78. The van der Waals surface area contributed by atoms with Crippen molar-refractivity contribution in [2.45, 2.75) is 47.4 Å². The summed E-state index contributed by atoms with van der Waals surface area (Å²) in [5.74, 6) is 15.3. The first-order chi connectivity index (χ1) is 8.69. The molecule has 0 aliphatic heterocycles. The second kappa shape index (κ2) is 5.97. The van der Waals surface area contributed by atoms with E-state index in [0.29, 0.717) is 0 Å². The van der Waals surface area contributed by atoms with Crippen molar-refractivity contribution in [3.05, 3.63) is 39.7 Å². The fraction of sp³-hybridized carbons (Fsp3) is 0.500. The Hall–Kier alpha value is 0.929. The SMILES string of the molecule is [CH3][Ge]([CH3])([CH3])[C]1=[C]([Zr+2][C]2=[C]([Ge]([CH3])([CH3])[CH3])C=CC2)CC=C1.[H-].[H-]. The van der Waals surface area contributed by atoms with Crippen LogP contribution in [0.5, 0.6) is 0 Å². The van der Waals surface area contributed by atoms with Crippen molar-refractivity contribution in [3.8, 4) is 0 Å². The molecule has 0 heterocycles. The maximum atomic E-state index is 2.55. The zero-order valence-corrected chi connectivity index (χ0v) is 19.9. The van der Waals surface area contributed by atoms with Crippen LogP contribution in [0.3, 0.4) is 0 Å². The molecule has 0 N–H and O–H groups in total. The number of hydrogen-bond acceptors (Lipinski definition) is 0. The van der Waals surface area contributed by atoms with Gasteiger partial charge >= 0.3 is 137 Å². The molecule has 0 saturated carbocycles. The van der Waals surface area contributed by atoms with Crippen molar-refractivity contribution >= 4 is 26.5 Å². The molecular formula is C16H28Ge2Zr. The smallest absolute Gasteiger partial charge is 1.00 e. The Morgan fingerprint density at radius 3 is 1.47 bits per heavy atom. The van der Waals surface area contributed by atoms with Crippen molar-refractivity contribution < 1.29 is 26.1 Å². The van der Waals surface area contributed by atoms with Crippen molar-refractivity contribution in [1.29, 1.82) is 0 Å². The molecule has 0 spiro atoms. The normalized spacial score (nSPS) is 19.7. The molecule has 2 aliphatic rings. The molecule has 104 valence electrons. The molecule has 19 heavy (non-hydrogen) atoms. The maximum absolute atomic E-state index is 2.55. The number of hydrogen-bond donors (Lipinski definition) is 0. The van der Waals surface area contributed by atoms with Crippen molar-refractivity contribution in [2.24, 2.45) is 0 Å². The summed E-state index contributed by atoms with van der Waals surface area (Å²) in [5.41, 5.74) is 0. The van der Waals surface area contributed by atoms with Gasteiger partial charge in [-0.25, -0.2) is 0 Å². The molecule has 0 aromatic carbocycles. The van der Waals surface area contributed by atoms with Gasteiger partial charge in [0.25, 0.3) is 0 Å². The maximum Gasteiger partial charge on any atom is -1.00 e. The fourth-order valence-corrected chi connectivity index (χ4v) is 23.8. The van der Waals surface area contributed by atoms with Crippen LogP contribution in [0.4, 0.5) is 0 Å². The van der Waals surface area contributed by atoms with Gasteiger partial charge in [0.15, 0.2) is 0 Å². The number of allylic oxidation sites excluding steroid dienone is 8. The second-order valence-corrected chi connectivity index (χ2v) is 32.3. The minimum Gasteiger partial charge on any atom is -1.00 e. The Morgan fingerprint density at radius 1 is 0.789 bits per heavy atom. The zero-order chi connectivity index (χ0) is 14.3. The van der Waals surface area contributed by atoms with E-state index in [1.165, 1.54) is 12.8 Å². The largest absolute Gasteiger partial charge is 1.00 e. The molecule has 0 unspecified atom stereocenters. The predicted molar refractivity (Wildman–Crippen MR) is 90.5 cm³/mol. The van der Waals surface area contributed by atoms with Gasteiger partial charge in [-0.2, -0.15) is 0 Å². The summed E-state index contributed by atoms with van der Waals surface area (Å²) in [6.45, 7) is 0. The predicted octanol–water partition coefficient (Wildman–Crippen LogP) is 5.48. The summed E-state index contributed by atoms with van der Waals surface area (Å²) < 4.78 is 7.51. The van der Waals surface area contributed by atoms with Gasteiger partial charge in [0.2, 0.25) is 0 Å². The molecule has 3 heteroatoms. The summed E-state index contributed by atoms with van der Waals surface area (Å²) >= 11 is -3.74. The van der Waals surface area contributed by atoms with Gasteiger partial charge in [-0.3, -0.25) is 0 Å². The molecular weight excluding hydrogens is 429 g/mol. The Kier molecular flexibility index (Phi) is 5.12. The van der Waals surface area contributed by atoms with Crippen LogP contribution < -0.4 is 0 Å². The molecule has 0 aromatic heterocycles. The first-order valence-corrected chi connectivity index (χ1v) is 24.4. The molecule has 2 aliphatic carbocycles. The summed E-state index contributed by atoms with van der Waals surface area (Å²) in [6, 6.07) is 0. The first-order valence-electron chi connectivity index (χ1n) is 7.27. The molecule has 0 atom stereocenters. The van der Waals surface area contributed by atoms with E-state index < -0.39 is 49.8 Å². The molecule has 2 rings (SSSR count). The minimum atomic E-state index is -1.63. The fourth-order valence-electron chi connectivity index (χ4n) is 2.83. The molecule has 0 radical (unpaired) electrons. The molecule has 0 bridgehead atoms. The molecule has 0 amide bonds. The van der Waals surface area contributed by atoms with E-state index >= 15 is 0 Å². The topological polar surface area (TPSA) is 0 Å². The summed E-state index contributed by atoms with van der Waals surface area (Å²) in [6.07, 6.45) is 12.4. The summed E-state index contributed by atoms with van der Waals surface area (Å²) in [5, 5.41) is 0. The van der Waals surface area contributed by atoms with Gasteiger partial charge < -0.3 is 2.85 Å². The van der Waals surface area contributed by atoms with E-state index in [1.807, 2.05) is 15.4 Å². The van der Waals surface area contributed by atoms with E-state index in [1.54, 1.807) is 0 Å². The van der Waals surface area contributed by atoms with Gasteiger partial charge in [0.05, 0.1) is 0 Å². The van der Waals surface area contributed by atoms with Gasteiger partial charge in [0.1, 0.15) is 0 Å². The van der Waals surface area contributed by atoms with Crippen LogP contribution in [0.25, 0.3) is 0 Å². The van der Waals surface area contributed by atoms with E-state index in [-0.39, 0.29) is 2.85 Å². The average Bonchev–Trinajstić information content (AvgIpc) is 2.83. The monoisotopic (exact) mass is 458 g/mol. The van der Waals surface area contributed by atoms with Crippen LogP contribution in [-0.2, 0) is 23.2 Å². The van der Waals surface area contributed by atoms with E-state index in [4.69, 9.17) is 0 Å². The van der Waals surface area contributed by atoms with E-state index in [9.17, 15) is 0 Å². The zero-order valence-electron chi connectivity index (χ0n) is 15.2. The van der Waals surface area contributed by atoms with Gasteiger partial charge in [-0.05, 0) is 0 Å². The standard InChI is InChI=1S/2C8H13Ge.Zr.2H/c2*1-9(2,3)8-6-4-5-7-8;;;/h2*4,6H,5H2,1-3H3;;;/q;;+2;2*-1. The van der Waals surface area contributed by atoms with Crippen LogP contribution in [0.15, 0.2) is 39.7 Å². The van der Waals surface area contributed by atoms with Gasteiger partial charge in [-0.15, -0.1) is 0 Å². The third-order valence-corrected chi connectivity index (χ3v) is 18.9. The minimum absolute atomic E-state index is 0. The van der Waals surface area contributed by atoms with E-state index in [0.717, 1.165) is 0 Å². The van der Waals surface area contributed by atoms with Crippen LogP contribution in [-0.4, -0.2) is 26.5 Å². The van der Waals surface area contributed by atoms with Gasteiger partial charge in [0, 0.05) is 0 Å². The van der Waals surface area contributed by atoms with Crippen LogP contribution in [0.2, 0.25) is 34.5 Å². The van der Waals surface area contributed by atoms with E-state index in [2.05, 4.69) is 58.8 Å². The van der Waals surface area contributed by atoms with Crippen LogP contribution >= 0.6 is 0 Å². The molecule has 0 saturated heterocycles. The number of rotatable bonds is 4. The first kappa shape index (κ1) is 16.3. The summed E-state index contributed by atoms with van der Waals surface area (Å²) in [7, 11) is 0. The Balaban J connectivity index is 0.00000200. The molecule has 0 nitrogen and oxygen atoms in total. The Morgan fingerprint density at radius 2 is 1.16 bits per heavy atom. The molecule has 0 fully saturated rings. The van der Waals surface area contributed by atoms with Crippen LogP contribution in [0.1, 0.15) is 15.7 Å². The Labute approximate surface area is 138 Å². The van der Waals surface area contributed by atoms with Crippen molar-refractivity contribution in [1.82, 2.24) is 0 Å². The molecule has 0 aromatic rings. The van der Waals surface area contributed by atoms with Crippen molar-refractivity contribution in [3.63, 3.8) is 0 Å². The second-order valence-electron chi connectivity index (χ2n) is 7.62.